The predicted molar refractivity (Wildman–Crippen MR) is 68.5 cm³/mol. The molecular weight excluding hydrogens is 232 g/mol. The Labute approximate surface area is 104 Å². The molecule has 2 saturated heterocycles. The Morgan fingerprint density at radius 3 is 1.88 bits per heavy atom. The van der Waals surface area contributed by atoms with Gasteiger partial charge in [-0.05, 0) is 18.1 Å². The Balaban J connectivity index is 1.74. The Kier molecular flexibility index (Phi) is 2.41. The van der Waals surface area contributed by atoms with Crippen LogP contribution in [0.2, 0.25) is 18.1 Å². The van der Waals surface area contributed by atoms with Crippen molar-refractivity contribution in [1.82, 2.24) is 0 Å². The van der Waals surface area contributed by atoms with E-state index in [2.05, 4.69) is 46.0 Å². The minimum absolute atomic E-state index is 0.140. The van der Waals surface area contributed by atoms with Crippen molar-refractivity contribution in [2.24, 2.45) is 0 Å². The first kappa shape index (κ1) is 11.9. The van der Waals surface area contributed by atoms with Gasteiger partial charge in [-0.1, -0.05) is 32.9 Å². The van der Waals surface area contributed by atoms with E-state index in [1.165, 1.54) is 0 Å². The molecule has 3 aliphatic rings. The lowest BCUT2D eigenvalue weighted by molar-refractivity contribution is 0.111. The molecule has 0 aromatic rings. The maximum atomic E-state index is 6.48. The van der Waals surface area contributed by atoms with E-state index in [9.17, 15) is 0 Å². The Morgan fingerprint density at radius 2 is 1.47 bits per heavy atom. The van der Waals surface area contributed by atoms with Crippen molar-refractivity contribution in [3.63, 3.8) is 0 Å². The molecule has 5 atom stereocenters. The summed E-state index contributed by atoms with van der Waals surface area (Å²) < 4.78 is 17.8. The third-order valence-corrected chi connectivity index (χ3v) is 8.97. The summed E-state index contributed by atoms with van der Waals surface area (Å²) in [6.45, 7) is 11.4. The molecule has 96 valence electrons. The normalized spacial score (nSPS) is 43.7. The van der Waals surface area contributed by atoms with Crippen LogP contribution in [-0.2, 0) is 13.9 Å². The largest absolute Gasteiger partial charge is 0.408 e. The van der Waals surface area contributed by atoms with Gasteiger partial charge in [0.05, 0.1) is 0 Å². The average molecular weight is 254 g/mol. The highest BCUT2D eigenvalue weighted by molar-refractivity contribution is 6.74. The van der Waals surface area contributed by atoms with Crippen LogP contribution in [0, 0.1) is 0 Å². The maximum Gasteiger partial charge on any atom is 0.192 e. The molecule has 3 rings (SSSR count). The van der Waals surface area contributed by atoms with E-state index in [-0.39, 0.29) is 35.6 Å². The smallest absolute Gasteiger partial charge is 0.192 e. The van der Waals surface area contributed by atoms with Crippen LogP contribution in [0.25, 0.3) is 0 Å². The van der Waals surface area contributed by atoms with Crippen LogP contribution in [0.15, 0.2) is 12.2 Å². The van der Waals surface area contributed by atoms with E-state index in [4.69, 9.17) is 13.9 Å². The summed E-state index contributed by atoms with van der Waals surface area (Å²) in [5.41, 5.74) is 0. The van der Waals surface area contributed by atoms with Gasteiger partial charge in [-0.25, -0.2) is 0 Å². The summed E-state index contributed by atoms with van der Waals surface area (Å²) in [5, 5.41) is 0.238. The van der Waals surface area contributed by atoms with E-state index in [1.807, 2.05) is 0 Å². The van der Waals surface area contributed by atoms with Crippen LogP contribution in [0.1, 0.15) is 20.8 Å². The van der Waals surface area contributed by atoms with Gasteiger partial charge in [0.1, 0.15) is 30.5 Å². The highest BCUT2D eigenvalue weighted by Gasteiger charge is 2.59. The fourth-order valence-electron chi connectivity index (χ4n) is 2.17. The molecular formula is C13H22O3Si. The van der Waals surface area contributed by atoms with Gasteiger partial charge in [-0.15, -0.1) is 0 Å². The van der Waals surface area contributed by atoms with Crippen LogP contribution in [0.3, 0.4) is 0 Å². The van der Waals surface area contributed by atoms with Gasteiger partial charge in [-0.3, -0.25) is 0 Å². The SMILES string of the molecule is CC(C)(C)[Si](C)(C)OC1[C@H]2O[C@H]2C=C[C@H]2O[C@@H]12. The van der Waals surface area contributed by atoms with Crippen molar-refractivity contribution in [3.8, 4) is 0 Å². The number of hydrogen-bond donors (Lipinski definition) is 0. The van der Waals surface area contributed by atoms with Crippen molar-refractivity contribution < 1.29 is 13.9 Å². The zero-order chi connectivity index (χ0) is 12.4. The van der Waals surface area contributed by atoms with Crippen molar-refractivity contribution in [3.05, 3.63) is 12.2 Å². The highest BCUT2D eigenvalue weighted by atomic mass is 28.4. The first-order chi connectivity index (χ1) is 7.79. The molecule has 1 unspecified atom stereocenters. The van der Waals surface area contributed by atoms with Crippen LogP contribution in [0.5, 0.6) is 0 Å². The molecule has 0 radical (unpaired) electrons. The molecule has 1 aliphatic carbocycles. The van der Waals surface area contributed by atoms with Crippen LogP contribution < -0.4 is 0 Å². The van der Waals surface area contributed by atoms with Crippen molar-refractivity contribution in [1.29, 1.82) is 0 Å². The van der Waals surface area contributed by atoms with Gasteiger partial charge in [0, 0.05) is 0 Å². The van der Waals surface area contributed by atoms with E-state index >= 15 is 0 Å². The minimum atomic E-state index is -1.73. The van der Waals surface area contributed by atoms with Gasteiger partial charge in [0.2, 0.25) is 0 Å². The highest BCUT2D eigenvalue weighted by Crippen LogP contribution is 2.46. The second-order valence-corrected chi connectivity index (χ2v) is 11.6. The number of ether oxygens (including phenoxy) is 2. The molecule has 17 heavy (non-hydrogen) atoms. The quantitative estimate of drug-likeness (QED) is 0.431. The summed E-state index contributed by atoms with van der Waals surface area (Å²) in [7, 11) is -1.73. The predicted octanol–water partition coefficient (Wildman–Crippen LogP) is 2.48. The molecule has 0 aromatic heterocycles. The van der Waals surface area contributed by atoms with Crippen molar-refractivity contribution in [2.75, 3.05) is 0 Å². The Hall–Kier alpha value is -0.163. The third kappa shape index (κ3) is 2.01. The number of epoxide rings is 2. The molecule has 0 N–H and O–H groups in total. The minimum Gasteiger partial charge on any atom is -0.408 e. The molecule has 0 aromatic carbocycles. The lowest BCUT2D eigenvalue weighted by Crippen LogP contribution is -2.47. The monoisotopic (exact) mass is 254 g/mol. The molecule has 2 heterocycles. The molecule has 3 nitrogen and oxygen atoms in total. The number of rotatable bonds is 2. The number of hydrogen-bond acceptors (Lipinski definition) is 3. The Bertz CT molecular complexity index is 338. The summed E-state index contributed by atoms with van der Waals surface area (Å²) in [4.78, 5) is 0. The summed E-state index contributed by atoms with van der Waals surface area (Å²) in [5.74, 6) is 0. The van der Waals surface area contributed by atoms with E-state index in [0.29, 0.717) is 0 Å². The summed E-state index contributed by atoms with van der Waals surface area (Å²) >= 11 is 0. The Morgan fingerprint density at radius 1 is 1.00 bits per heavy atom. The third-order valence-electron chi connectivity index (χ3n) is 4.50. The van der Waals surface area contributed by atoms with Crippen LogP contribution in [0.4, 0.5) is 0 Å². The molecule has 0 amide bonds. The van der Waals surface area contributed by atoms with E-state index in [0.717, 1.165) is 0 Å². The zero-order valence-electron chi connectivity index (χ0n) is 11.3. The van der Waals surface area contributed by atoms with Crippen LogP contribution >= 0.6 is 0 Å². The van der Waals surface area contributed by atoms with Gasteiger partial charge >= 0.3 is 0 Å². The topological polar surface area (TPSA) is 34.3 Å². The average Bonchev–Trinajstić information content (AvgIpc) is 3.02. The van der Waals surface area contributed by atoms with E-state index < -0.39 is 8.32 Å². The zero-order valence-corrected chi connectivity index (χ0v) is 12.3. The van der Waals surface area contributed by atoms with Gasteiger partial charge in [0.15, 0.2) is 8.32 Å². The second-order valence-electron chi connectivity index (χ2n) is 6.86. The van der Waals surface area contributed by atoms with Gasteiger partial charge in [0.25, 0.3) is 0 Å². The van der Waals surface area contributed by atoms with Crippen molar-refractivity contribution in [2.45, 2.75) is 69.4 Å². The van der Waals surface area contributed by atoms with E-state index in [1.54, 1.807) is 0 Å². The molecule has 4 heteroatoms. The molecule has 0 bridgehead atoms. The second kappa shape index (κ2) is 3.44. The molecule has 2 aliphatic heterocycles. The lowest BCUT2D eigenvalue weighted by atomic mass is 10.1. The van der Waals surface area contributed by atoms with Crippen LogP contribution in [-0.4, -0.2) is 38.8 Å². The van der Waals surface area contributed by atoms with Crippen molar-refractivity contribution >= 4 is 8.32 Å². The van der Waals surface area contributed by atoms with Gasteiger partial charge in [-0.2, -0.15) is 0 Å². The first-order valence-electron chi connectivity index (χ1n) is 6.47. The lowest BCUT2D eigenvalue weighted by Gasteiger charge is -2.38. The first-order valence-corrected chi connectivity index (χ1v) is 9.37. The number of fused-ring (bicyclic) bond motifs is 2. The molecule has 2 fully saturated rings. The summed E-state index contributed by atoms with van der Waals surface area (Å²) in [6.07, 6.45) is 5.42. The standard InChI is InChI=1S/C13H22O3Si/c1-13(2,3)17(4,5)16-12-10-8(14-10)6-7-9-11(12)15-9/h6-12H,1-5H3/t8-,9+,10-,11+,12?. The fraction of sp³-hybridized carbons (Fsp3) is 0.846. The van der Waals surface area contributed by atoms with Gasteiger partial charge < -0.3 is 13.9 Å². The molecule has 0 saturated carbocycles. The molecule has 0 spiro atoms. The summed E-state index contributed by atoms with van der Waals surface area (Å²) in [6, 6.07) is 0. The fourth-order valence-corrected chi connectivity index (χ4v) is 3.47. The maximum absolute atomic E-state index is 6.48.